The van der Waals surface area contributed by atoms with E-state index in [0.717, 1.165) is 11.1 Å². The minimum atomic E-state index is -1.25. The molecule has 2 aromatic carbocycles. The molecule has 5 rings (SSSR count). The number of amides is 1. The number of nitrogens with zero attached hydrogens (tertiary/aromatic N) is 4. The van der Waals surface area contributed by atoms with Crippen LogP contribution < -0.4 is 21.5 Å². The van der Waals surface area contributed by atoms with Gasteiger partial charge in [-0.15, -0.1) is 0 Å². The van der Waals surface area contributed by atoms with Gasteiger partial charge in [-0.05, 0) is 12.1 Å². The lowest BCUT2D eigenvalue weighted by atomic mass is 10.0. The van der Waals surface area contributed by atoms with Crippen molar-refractivity contribution >= 4 is 35.0 Å². The zero-order valence-electron chi connectivity index (χ0n) is 20.8. The first-order valence-electron chi connectivity index (χ1n) is 12.1. The van der Waals surface area contributed by atoms with Crippen LogP contribution in [0.2, 0.25) is 0 Å². The molecule has 2 aliphatic heterocycles. The molecule has 1 atom stereocenters. The van der Waals surface area contributed by atoms with Crippen LogP contribution in [0.25, 0.3) is 0 Å². The molecule has 0 saturated carbocycles. The highest BCUT2D eigenvalue weighted by Crippen LogP contribution is 2.25. The van der Waals surface area contributed by atoms with E-state index >= 15 is 0 Å². The van der Waals surface area contributed by atoms with E-state index in [4.69, 9.17) is 20.6 Å². The normalized spacial score (nSPS) is 17.7. The fourth-order valence-electron chi connectivity index (χ4n) is 4.43. The summed E-state index contributed by atoms with van der Waals surface area (Å²) in [4.78, 5) is 36.2. The van der Waals surface area contributed by atoms with Gasteiger partial charge in [0.2, 0.25) is 12.1 Å². The van der Waals surface area contributed by atoms with Crippen molar-refractivity contribution in [2.75, 3.05) is 36.5 Å². The zero-order valence-corrected chi connectivity index (χ0v) is 20.8. The molecule has 38 heavy (non-hydrogen) atoms. The number of carbonyl (C=O) groups is 1. The number of aromatic nitrogens is 1. The van der Waals surface area contributed by atoms with Crippen molar-refractivity contribution in [1.82, 2.24) is 4.57 Å². The number of amidine groups is 1. The van der Waals surface area contributed by atoms with E-state index in [-0.39, 0.29) is 11.5 Å². The van der Waals surface area contributed by atoms with Crippen molar-refractivity contribution in [3.63, 3.8) is 0 Å². The van der Waals surface area contributed by atoms with Gasteiger partial charge in [-0.1, -0.05) is 48.5 Å². The van der Waals surface area contributed by atoms with Crippen LogP contribution in [0, 0.1) is 5.41 Å². The van der Waals surface area contributed by atoms with Crippen molar-refractivity contribution in [3.05, 3.63) is 93.8 Å². The van der Waals surface area contributed by atoms with Crippen molar-refractivity contribution in [2.24, 2.45) is 22.8 Å². The fraction of sp³-hybridized carbons (Fsp3) is 0.222. The Morgan fingerprint density at radius 1 is 1.08 bits per heavy atom. The molecule has 4 N–H and O–H groups in total. The lowest BCUT2D eigenvalue weighted by Gasteiger charge is -2.31. The molecule has 0 radical (unpaired) electrons. The molecule has 1 unspecified atom stereocenters. The van der Waals surface area contributed by atoms with Crippen molar-refractivity contribution < 1.29 is 14.3 Å². The summed E-state index contributed by atoms with van der Waals surface area (Å²) in [6.07, 6.45) is -1.25. The second-order valence-corrected chi connectivity index (χ2v) is 8.72. The summed E-state index contributed by atoms with van der Waals surface area (Å²) >= 11 is 0. The second-order valence-electron chi connectivity index (χ2n) is 8.72. The Morgan fingerprint density at radius 3 is 2.55 bits per heavy atom. The standard InChI is InChI=1S/C27H27N7O4/c1-33-21(35)12-11-19(26(33)34-13-15-37-16-14-34)23(28)38-27(29)32-24-25(36)30-20-10-6-5-9-18(20)22(31-24)17-7-3-2-4-8-17/h2-12,24,28H,13-16H2,1H3,(H2,29,32)(H,30,36). The van der Waals surface area contributed by atoms with E-state index < -0.39 is 18.1 Å². The van der Waals surface area contributed by atoms with Gasteiger partial charge >= 0.3 is 0 Å². The number of aliphatic imine (C=N–C) groups is 2. The topological polar surface area (TPSA) is 147 Å². The number of para-hydroxylation sites is 1. The van der Waals surface area contributed by atoms with Gasteiger partial charge in [-0.3, -0.25) is 19.6 Å². The molecular weight excluding hydrogens is 486 g/mol. The average molecular weight is 514 g/mol. The first-order chi connectivity index (χ1) is 18.4. The smallest absolute Gasteiger partial charge is 0.291 e. The highest BCUT2D eigenvalue weighted by molar-refractivity contribution is 6.19. The van der Waals surface area contributed by atoms with Gasteiger partial charge in [-0.2, -0.15) is 4.99 Å². The van der Waals surface area contributed by atoms with Crippen molar-refractivity contribution in [2.45, 2.75) is 6.17 Å². The molecule has 1 fully saturated rings. The SMILES string of the molecule is Cn1c(N2CCOCC2)c(C(=N)O/C(N)=N/C2N=C(c3ccccc3)c3ccccc3NC2=O)ccc1=O. The second kappa shape index (κ2) is 10.7. The fourth-order valence-corrected chi connectivity index (χ4v) is 4.43. The molecule has 1 saturated heterocycles. The molecule has 1 amide bonds. The number of anilines is 2. The number of pyridine rings is 1. The van der Waals surface area contributed by atoms with E-state index in [9.17, 15) is 9.59 Å². The Hall–Kier alpha value is -4.77. The number of ether oxygens (including phenoxy) is 2. The Kier molecular flexibility index (Phi) is 7.00. The maximum Gasteiger partial charge on any atom is 0.291 e. The van der Waals surface area contributed by atoms with Gasteiger partial charge in [0.1, 0.15) is 5.82 Å². The minimum absolute atomic E-state index is 0.220. The van der Waals surface area contributed by atoms with Crippen LogP contribution in [-0.2, 0) is 21.3 Å². The molecule has 11 nitrogen and oxygen atoms in total. The van der Waals surface area contributed by atoms with E-state index in [0.29, 0.717) is 49.1 Å². The lowest BCUT2D eigenvalue weighted by molar-refractivity contribution is -0.117. The number of hydrogen-bond acceptors (Lipinski definition) is 8. The summed E-state index contributed by atoms with van der Waals surface area (Å²) in [7, 11) is 1.63. The number of nitrogens with two attached hydrogens (primary N) is 1. The van der Waals surface area contributed by atoms with Crippen LogP contribution in [0.1, 0.15) is 16.7 Å². The number of morpholine rings is 1. The molecule has 3 aromatic rings. The zero-order chi connectivity index (χ0) is 26.6. The van der Waals surface area contributed by atoms with Crippen molar-refractivity contribution in [3.8, 4) is 0 Å². The van der Waals surface area contributed by atoms with E-state index in [1.54, 1.807) is 13.1 Å². The van der Waals surface area contributed by atoms with E-state index in [1.165, 1.54) is 16.7 Å². The Bertz CT molecular complexity index is 1490. The number of nitrogens with one attached hydrogen (secondary N) is 2. The van der Waals surface area contributed by atoms with Gasteiger partial charge < -0.3 is 25.4 Å². The number of carbonyl (C=O) groups excluding carboxylic acids is 1. The summed E-state index contributed by atoms with van der Waals surface area (Å²) in [5.41, 5.74) is 8.95. The average Bonchev–Trinajstić information content (AvgIpc) is 3.07. The third kappa shape index (κ3) is 5.04. The summed E-state index contributed by atoms with van der Waals surface area (Å²) in [5.74, 6) is -0.281. The predicted octanol–water partition coefficient (Wildman–Crippen LogP) is 1.69. The molecule has 2 aliphatic rings. The molecular formula is C27H27N7O4. The van der Waals surface area contributed by atoms with E-state index in [2.05, 4.69) is 15.3 Å². The van der Waals surface area contributed by atoms with Crippen LogP contribution >= 0.6 is 0 Å². The van der Waals surface area contributed by atoms with Crippen LogP contribution in [-0.4, -0.2) is 60.6 Å². The Morgan fingerprint density at radius 2 is 1.79 bits per heavy atom. The molecule has 11 heteroatoms. The van der Waals surface area contributed by atoms with Gasteiger partial charge in [0.25, 0.3) is 17.5 Å². The van der Waals surface area contributed by atoms with Crippen LogP contribution in [0.5, 0.6) is 0 Å². The van der Waals surface area contributed by atoms with Gasteiger partial charge in [0.05, 0.1) is 30.2 Å². The van der Waals surface area contributed by atoms with Crippen LogP contribution in [0.15, 0.2) is 81.5 Å². The largest absolute Gasteiger partial charge is 0.407 e. The first-order valence-corrected chi connectivity index (χ1v) is 12.1. The number of benzodiazepines with no additional fused rings is 1. The number of benzene rings is 2. The summed E-state index contributed by atoms with van der Waals surface area (Å²) in [5, 5.41) is 11.4. The van der Waals surface area contributed by atoms with E-state index in [1.807, 2.05) is 53.4 Å². The third-order valence-electron chi connectivity index (χ3n) is 6.27. The molecule has 0 aliphatic carbocycles. The predicted molar refractivity (Wildman–Crippen MR) is 145 cm³/mol. The Labute approximate surface area is 218 Å². The summed E-state index contributed by atoms with van der Waals surface area (Å²) in [6, 6.07) is 19.3. The van der Waals surface area contributed by atoms with Gasteiger partial charge in [0.15, 0.2) is 0 Å². The molecule has 1 aromatic heterocycles. The highest BCUT2D eigenvalue weighted by Gasteiger charge is 2.27. The van der Waals surface area contributed by atoms with Crippen LogP contribution in [0.4, 0.5) is 11.5 Å². The summed E-state index contributed by atoms with van der Waals surface area (Å²) < 4.78 is 12.4. The van der Waals surface area contributed by atoms with Crippen molar-refractivity contribution in [1.29, 1.82) is 5.41 Å². The van der Waals surface area contributed by atoms with Gasteiger partial charge in [-0.25, -0.2) is 4.99 Å². The third-order valence-corrected chi connectivity index (χ3v) is 6.27. The number of hydrogen-bond donors (Lipinski definition) is 3. The molecule has 194 valence electrons. The number of rotatable bonds is 4. The quantitative estimate of drug-likeness (QED) is 0.357. The number of fused-ring (bicyclic) bond motifs is 1. The summed E-state index contributed by atoms with van der Waals surface area (Å²) in [6.45, 7) is 2.12. The maximum atomic E-state index is 13.0. The minimum Gasteiger partial charge on any atom is -0.407 e. The van der Waals surface area contributed by atoms with Gasteiger partial charge in [0, 0.05) is 37.3 Å². The Balaban J connectivity index is 1.46. The maximum absolute atomic E-state index is 13.0. The molecule has 0 bridgehead atoms. The van der Waals surface area contributed by atoms with Crippen LogP contribution in [0.3, 0.4) is 0 Å². The first kappa shape index (κ1) is 24.9. The highest BCUT2D eigenvalue weighted by atomic mass is 16.5. The molecule has 0 spiro atoms. The molecule has 3 heterocycles. The lowest BCUT2D eigenvalue weighted by Crippen LogP contribution is -2.40. The monoisotopic (exact) mass is 513 g/mol.